The van der Waals surface area contributed by atoms with E-state index in [4.69, 9.17) is 0 Å². The zero-order chi connectivity index (χ0) is 13.1. The Morgan fingerprint density at radius 1 is 1.11 bits per heavy atom. The smallest absolute Gasteiger partial charge is 0.0511 e. The molecule has 0 radical (unpaired) electrons. The monoisotopic (exact) mass is 242 g/mol. The number of allylic oxidation sites excluding steroid dienone is 2. The molecule has 96 valence electrons. The van der Waals surface area contributed by atoms with E-state index in [9.17, 15) is 0 Å². The number of hydrogen-bond acceptors (Lipinski definition) is 2. The van der Waals surface area contributed by atoms with Gasteiger partial charge >= 0.3 is 0 Å². The van der Waals surface area contributed by atoms with E-state index in [1.165, 1.54) is 16.8 Å². The van der Waals surface area contributed by atoms with Gasteiger partial charge in [0, 0.05) is 30.5 Å². The lowest BCUT2D eigenvalue weighted by Gasteiger charge is -2.32. The standard InChI is InChI=1S/C16H22N2/c1-12(2)15-11-17-10-14-8-6-5-7-9-18(13(3)4)16(14)15/h5-8,10-13H,9H2,1-4H3/b7-5-,8-6-. The van der Waals surface area contributed by atoms with Crippen LogP contribution in [0.5, 0.6) is 0 Å². The molecular formula is C16H22N2. The van der Waals surface area contributed by atoms with Crippen molar-refractivity contribution < 1.29 is 0 Å². The van der Waals surface area contributed by atoms with Crippen LogP contribution < -0.4 is 4.90 Å². The van der Waals surface area contributed by atoms with E-state index in [2.05, 4.69) is 61.9 Å². The Labute approximate surface area is 110 Å². The van der Waals surface area contributed by atoms with E-state index in [0.29, 0.717) is 12.0 Å². The molecule has 0 aliphatic carbocycles. The Balaban J connectivity index is 2.61. The molecule has 2 heteroatoms. The summed E-state index contributed by atoms with van der Waals surface area (Å²) in [4.78, 5) is 6.83. The third-order valence-electron chi connectivity index (χ3n) is 3.33. The van der Waals surface area contributed by atoms with Crippen LogP contribution in [0.4, 0.5) is 5.69 Å². The fourth-order valence-electron chi connectivity index (χ4n) is 2.34. The second-order valence-corrected chi connectivity index (χ2v) is 5.35. The predicted molar refractivity (Wildman–Crippen MR) is 79.0 cm³/mol. The fourth-order valence-corrected chi connectivity index (χ4v) is 2.34. The van der Waals surface area contributed by atoms with E-state index in [1.54, 1.807) is 0 Å². The highest BCUT2D eigenvalue weighted by molar-refractivity contribution is 5.72. The maximum Gasteiger partial charge on any atom is 0.0511 e. The van der Waals surface area contributed by atoms with Crippen molar-refractivity contribution in [3.63, 3.8) is 0 Å². The topological polar surface area (TPSA) is 16.1 Å². The van der Waals surface area contributed by atoms with Gasteiger partial charge in [-0.1, -0.05) is 38.2 Å². The van der Waals surface area contributed by atoms with Crippen LogP contribution in [0.2, 0.25) is 0 Å². The van der Waals surface area contributed by atoms with Crippen molar-refractivity contribution in [2.45, 2.75) is 39.7 Å². The minimum absolute atomic E-state index is 0.486. The lowest BCUT2D eigenvalue weighted by Crippen LogP contribution is -2.32. The Morgan fingerprint density at radius 3 is 2.56 bits per heavy atom. The Kier molecular flexibility index (Phi) is 3.85. The average Bonchev–Trinajstić information content (AvgIpc) is 2.28. The minimum atomic E-state index is 0.486. The molecule has 0 spiro atoms. The predicted octanol–water partition coefficient (Wildman–Crippen LogP) is 4.00. The molecule has 0 fully saturated rings. The molecule has 0 unspecified atom stereocenters. The SMILES string of the molecule is CC(C)c1cncc2c1N(C(C)C)C/C=C\C=C/2. The van der Waals surface area contributed by atoms with E-state index in [1.807, 2.05) is 12.4 Å². The summed E-state index contributed by atoms with van der Waals surface area (Å²) in [6.45, 7) is 9.90. The zero-order valence-corrected chi connectivity index (χ0v) is 11.7. The molecule has 2 heterocycles. The van der Waals surface area contributed by atoms with Gasteiger partial charge in [-0.15, -0.1) is 0 Å². The fraction of sp³-hybridized carbons (Fsp3) is 0.438. The summed E-state index contributed by atoms with van der Waals surface area (Å²) in [7, 11) is 0. The number of fused-ring (bicyclic) bond motifs is 1. The van der Waals surface area contributed by atoms with Crippen molar-refractivity contribution in [1.82, 2.24) is 4.98 Å². The lowest BCUT2D eigenvalue weighted by atomic mass is 9.98. The number of aromatic nitrogens is 1. The van der Waals surface area contributed by atoms with Gasteiger partial charge in [-0.2, -0.15) is 0 Å². The maximum atomic E-state index is 4.38. The number of hydrogen-bond donors (Lipinski definition) is 0. The highest BCUT2D eigenvalue weighted by Gasteiger charge is 2.19. The first-order valence-corrected chi connectivity index (χ1v) is 6.69. The van der Waals surface area contributed by atoms with Crippen LogP contribution in [0.25, 0.3) is 6.08 Å². The van der Waals surface area contributed by atoms with Gasteiger partial charge < -0.3 is 4.90 Å². The number of anilines is 1. The normalized spacial score (nSPS) is 18.4. The highest BCUT2D eigenvalue weighted by atomic mass is 15.2. The summed E-state index contributed by atoms with van der Waals surface area (Å²) in [6.07, 6.45) is 12.6. The van der Waals surface area contributed by atoms with E-state index >= 15 is 0 Å². The van der Waals surface area contributed by atoms with Crippen LogP contribution in [-0.2, 0) is 0 Å². The third kappa shape index (κ3) is 2.47. The van der Waals surface area contributed by atoms with Crippen LogP contribution in [0.15, 0.2) is 30.6 Å². The molecule has 0 saturated heterocycles. The molecule has 1 aromatic rings. The summed E-state index contributed by atoms with van der Waals surface area (Å²) in [5.74, 6) is 0.491. The average molecular weight is 242 g/mol. The molecular weight excluding hydrogens is 220 g/mol. The van der Waals surface area contributed by atoms with Crippen LogP contribution in [-0.4, -0.2) is 17.6 Å². The number of nitrogens with zero attached hydrogens (tertiary/aromatic N) is 2. The maximum absolute atomic E-state index is 4.38. The highest BCUT2D eigenvalue weighted by Crippen LogP contribution is 2.33. The van der Waals surface area contributed by atoms with Gasteiger partial charge in [-0.25, -0.2) is 0 Å². The third-order valence-corrected chi connectivity index (χ3v) is 3.33. The molecule has 1 aliphatic rings. The largest absolute Gasteiger partial charge is 0.365 e. The summed E-state index contributed by atoms with van der Waals surface area (Å²) in [5.41, 5.74) is 3.90. The molecule has 0 bridgehead atoms. The summed E-state index contributed by atoms with van der Waals surface area (Å²) < 4.78 is 0. The first-order valence-electron chi connectivity index (χ1n) is 6.69. The van der Waals surface area contributed by atoms with Gasteiger partial charge in [0.2, 0.25) is 0 Å². The molecule has 18 heavy (non-hydrogen) atoms. The Morgan fingerprint density at radius 2 is 1.89 bits per heavy atom. The number of pyridine rings is 1. The van der Waals surface area contributed by atoms with Gasteiger partial charge in [0.15, 0.2) is 0 Å². The quantitative estimate of drug-likeness (QED) is 0.779. The Hall–Kier alpha value is -1.57. The first kappa shape index (κ1) is 12.9. The second kappa shape index (κ2) is 5.38. The lowest BCUT2D eigenvalue weighted by molar-refractivity contribution is 0.709. The van der Waals surface area contributed by atoms with Crippen LogP contribution in [0, 0.1) is 0 Å². The van der Waals surface area contributed by atoms with Gasteiger partial charge in [-0.3, -0.25) is 4.98 Å². The van der Waals surface area contributed by atoms with Gasteiger partial charge in [-0.05, 0) is 25.3 Å². The van der Waals surface area contributed by atoms with Crippen molar-refractivity contribution in [3.8, 4) is 0 Å². The van der Waals surface area contributed by atoms with Crippen molar-refractivity contribution in [3.05, 3.63) is 41.7 Å². The van der Waals surface area contributed by atoms with Crippen molar-refractivity contribution in [2.75, 3.05) is 11.4 Å². The molecule has 2 rings (SSSR count). The van der Waals surface area contributed by atoms with Crippen LogP contribution in [0.1, 0.15) is 44.7 Å². The van der Waals surface area contributed by atoms with Crippen molar-refractivity contribution in [2.24, 2.45) is 0 Å². The van der Waals surface area contributed by atoms with Crippen molar-refractivity contribution >= 4 is 11.8 Å². The molecule has 1 aromatic heterocycles. The van der Waals surface area contributed by atoms with Gasteiger partial charge in [0.05, 0.1) is 5.69 Å². The minimum Gasteiger partial charge on any atom is -0.365 e. The summed E-state index contributed by atoms with van der Waals surface area (Å²) >= 11 is 0. The molecule has 0 atom stereocenters. The zero-order valence-electron chi connectivity index (χ0n) is 11.7. The van der Waals surface area contributed by atoms with E-state index < -0.39 is 0 Å². The van der Waals surface area contributed by atoms with Gasteiger partial charge in [0.25, 0.3) is 0 Å². The van der Waals surface area contributed by atoms with E-state index in [0.717, 1.165) is 6.54 Å². The van der Waals surface area contributed by atoms with Crippen LogP contribution in [0.3, 0.4) is 0 Å². The molecule has 0 amide bonds. The van der Waals surface area contributed by atoms with Crippen molar-refractivity contribution in [1.29, 1.82) is 0 Å². The van der Waals surface area contributed by atoms with Gasteiger partial charge in [0.1, 0.15) is 0 Å². The summed E-state index contributed by atoms with van der Waals surface area (Å²) in [6, 6.07) is 0.486. The Bertz CT molecular complexity index is 470. The van der Waals surface area contributed by atoms with Crippen LogP contribution >= 0.6 is 0 Å². The first-order chi connectivity index (χ1) is 8.61. The molecule has 2 nitrogen and oxygen atoms in total. The molecule has 0 aromatic carbocycles. The molecule has 1 aliphatic heterocycles. The second-order valence-electron chi connectivity index (χ2n) is 5.35. The summed E-state index contributed by atoms with van der Waals surface area (Å²) in [5, 5.41) is 0. The van der Waals surface area contributed by atoms with E-state index in [-0.39, 0.29) is 0 Å². The molecule has 0 N–H and O–H groups in total. The number of rotatable bonds is 2. The molecule has 0 saturated carbocycles.